The molecule has 0 radical (unpaired) electrons. The van der Waals surface area contributed by atoms with Crippen molar-refractivity contribution in [1.82, 2.24) is 10.5 Å². The Morgan fingerprint density at radius 2 is 2.00 bits per heavy atom. The molecule has 1 atom stereocenters. The first-order chi connectivity index (χ1) is 9.45. The Morgan fingerprint density at radius 1 is 1.35 bits per heavy atom. The van der Waals surface area contributed by atoms with Crippen LogP contribution in [0.5, 0.6) is 0 Å². The number of halogens is 2. The predicted molar refractivity (Wildman–Crippen MR) is 75.0 cm³/mol. The van der Waals surface area contributed by atoms with E-state index in [0.717, 1.165) is 0 Å². The Balaban J connectivity index is 1.98. The van der Waals surface area contributed by atoms with Crippen LogP contribution in [0.25, 0.3) is 0 Å². The minimum absolute atomic E-state index is 0.0153. The summed E-state index contributed by atoms with van der Waals surface area (Å²) >= 11 is 11.7. The molecule has 2 rings (SSSR count). The molecule has 0 saturated carbocycles. The first-order valence-electron chi connectivity index (χ1n) is 5.81. The largest absolute Gasteiger partial charge is 0.387 e. The van der Waals surface area contributed by atoms with Gasteiger partial charge in [-0.15, -0.1) is 0 Å². The second-order valence-electron chi connectivity index (χ2n) is 4.25. The molecule has 106 valence electrons. The summed E-state index contributed by atoms with van der Waals surface area (Å²) in [5.74, 6) is 0.117. The van der Waals surface area contributed by atoms with Crippen molar-refractivity contribution >= 4 is 29.1 Å². The van der Waals surface area contributed by atoms with Gasteiger partial charge < -0.3 is 14.9 Å². The minimum Gasteiger partial charge on any atom is -0.387 e. The molecule has 2 N–H and O–H groups in total. The van der Waals surface area contributed by atoms with Gasteiger partial charge in [0.15, 0.2) is 5.69 Å². The number of carbonyl (C=O) groups excluding carboxylic acids is 1. The van der Waals surface area contributed by atoms with Gasteiger partial charge in [-0.05, 0) is 30.7 Å². The van der Waals surface area contributed by atoms with Crippen LogP contribution >= 0.6 is 23.2 Å². The molecule has 0 aliphatic rings. The van der Waals surface area contributed by atoms with E-state index >= 15 is 0 Å². The number of rotatable bonds is 4. The first-order valence-corrected chi connectivity index (χ1v) is 6.57. The van der Waals surface area contributed by atoms with E-state index in [0.29, 0.717) is 21.4 Å². The summed E-state index contributed by atoms with van der Waals surface area (Å²) in [6.45, 7) is 1.70. The molecule has 2 aromatic rings. The molecule has 1 unspecified atom stereocenters. The van der Waals surface area contributed by atoms with Crippen LogP contribution in [-0.2, 0) is 0 Å². The van der Waals surface area contributed by atoms with Crippen molar-refractivity contribution in [3.05, 3.63) is 51.3 Å². The van der Waals surface area contributed by atoms with E-state index in [4.69, 9.17) is 27.7 Å². The molecule has 1 amide bonds. The number of amides is 1. The molecule has 0 fully saturated rings. The fourth-order valence-corrected chi connectivity index (χ4v) is 2.18. The van der Waals surface area contributed by atoms with Gasteiger partial charge in [-0.3, -0.25) is 4.79 Å². The second-order valence-corrected chi connectivity index (χ2v) is 5.12. The summed E-state index contributed by atoms with van der Waals surface area (Å²) < 4.78 is 4.80. The van der Waals surface area contributed by atoms with Crippen LogP contribution in [0.1, 0.15) is 27.9 Å². The average Bonchev–Trinajstić information content (AvgIpc) is 2.81. The Kier molecular flexibility index (Phi) is 4.65. The van der Waals surface area contributed by atoms with Crippen LogP contribution in [0.4, 0.5) is 0 Å². The van der Waals surface area contributed by atoms with E-state index in [1.54, 1.807) is 25.1 Å². The van der Waals surface area contributed by atoms with Crippen molar-refractivity contribution in [2.45, 2.75) is 13.0 Å². The molecule has 1 aromatic carbocycles. The number of hydrogen-bond donors (Lipinski definition) is 2. The Bertz CT molecular complexity index is 608. The monoisotopic (exact) mass is 314 g/mol. The lowest BCUT2D eigenvalue weighted by molar-refractivity contribution is 0.0907. The van der Waals surface area contributed by atoms with Gasteiger partial charge in [0, 0.05) is 22.7 Å². The van der Waals surface area contributed by atoms with Crippen LogP contribution in [0, 0.1) is 6.92 Å². The summed E-state index contributed by atoms with van der Waals surface area (Å²) in [7, 11) is 0. The third kappa shape index (κ3) is 3.72. The highest BCUT2D eigenvalue weighted by Crippen LogP contribution is 2.23. The molecule has 1 heterocycles. The van der Waals surface area contributed by atoms with Crippen LogP contribution in [-0.4, -0.2) is 22.7 Å². The highest BCUT2D eigenvalue weighted by atomic mass is 35.5. The van der Waals surface area contributed by atoms with Crippen molar-refractivity contribution in [3.8, 4) is 0 Å². The van der Waals surface area contributed by atoms with Gasteiger partial charge in [0.05, 0.1) is 6.10 Å². The molecule has 0 saturated heterocycles. The van der Waals surface area contributed by atoms with Crippen molar-refractivity contribution in [1.29, 1.82) is 0 Å². The Labute approximate surface area is 125 Å². The molecule has 7 heteroatoms. The van der Waals surface area contributed by atoms with Crippen LogP contribution in [0.3, 0.4) is 0 Å². The second kappa shape index (κ2) is 6.26. The summed E-state index contributed by atoms with van der Waals surface area (Å²) in [5.41, 5.74) is 0.693. The highest BCUT2D eigenvalue weighted by Gasteiger charge is 2.14. The van der Waals surface area contributed by atoms with E-state index in [1.807, 2.05) is 0 Å². The molecule has 1 aromatic heterocycles. The molecule has 0 spiro atoms. The van der Waals surface area contributed by atoms with Gasteiger partial charge in [-0.2, -0.15) is 0 Å². The van der Waals surface area contributed by atoms with Crippen LogP contribution < -0.4 is 5.32 Å². The summed E-state index contributed by atoms with van der Waals surface area (Å²) in [4.78, 5) is 11.7. The maximum atomic E-state index is 11.7. The number of nitrogens with one attached hydrogen (secondary N) is 1. The van der Waals surface area contributed by atoms with Gasteiger partial charge in [-0.25, -0.2) is 0 Å². The Morgan fingerprint density at radius 3 is 2.55 bits per heavy atom. The third-order valence-electron chi connectivity index (χ3n) is 2.59. The molecule has 0 bridgehead atoms. The summed E-state index contributed by atoms with van der Waals surface area (Å²) in [5, 5.41) is 17.0. The quantitative estimate of drug-likeness (QED) is 0.910. The first kappa shape index (κ1) is 14.8. The standard InChI is InChI=1S/C13H12Cl2N2O3/c1-7-2-11(17-20-7)13(19)16-6-12(18)8-3-9(14)5-10(15)4-8/h2-5,12,18H,6H2,1H3,(H,16,19). The van der Waals surface area contributed by atoms with E-state index in [-0.39, 0.29) is 12.2 Å². The number of aliphatic hydroxyl groups excluding tert-OH is 1. The molecule has 5 nitrogen and oxygen atoms in total. The zero-order chi connectivity index (χ0) is 14.7. The lowest BCUT2D eigenvalue weighted by atomic mass is 10.1. The van der Waals surface area contributed by atoms with Crippen molar-refractivity contribution in [2.24, 2.45) is 0 Å². The maximum absolute atomic E-state index is 11.7. The maximum Gasteiger partial charge on any atom is 0.273 e. The predicted octanol–water partition coefficient (Wildman–Crippen LogP) is 2.75. The van der Waals surface area contributed by atoms with Crippen molar-refractivity contribution < 1.29 is 14.4 Å². The number of carbonyl (C=O) groups is 1. The topological polar surface area (TPSA) is 75.4 Å². The average molecular weight is 315 g/mol. The van der Waals surface area contributed by atoms with E-state index in [9.17, 15) is 9.90 Å². The normalized spacial score (nSPS) is 12.2. The smallest absolute Gasteiger partial charge is 0.273 e. The molecular formula is C13H12Cl2N2O3. The highest BCUT2D eigenvalue weighted by molar-refractivity contribution is 6.34. The third-order valence-corrected chi connectivity index (χ3v) is 3.02. The van der Waals surface area contributed by atoms with Crippen LogP contribution in [0.15, 0.2) is 28.8 Å². The SMILES string of the molecule is Cc1cc(C(=O)NCC(O)c2cc(Cl)cc(Cl)c2)no1. The van der Waals surface area contributed by atoms with Gasteiger partial charge in [0.25, 0.3) is 5.91 Å². The van der Waals surface area contributed by atoms with E-state index in [2.05, 4.69) is 10.5 Å². The number of aromatic nitrogens is 1. The lowest BCUT2D eigenvalue weighted by Crippen LogP contribution is -2.28. The van der Waals surface area contributed by atoms with Gasteiger partial charge in [0.1, 0.15) is 5.76 Å². The summed E-state index contributed by atoms with van der Waals surface area (Å²) in [6.07, 6.45) is -0.914. The van der Waals surface area contributed by atoms with E-state index in [1.165, 1.54) is 6.07 Å². The number of aliphatic hydroxyl groups is 1. The van der Waals surface area contributed by atoms with Crippen LogP contribution in [0.2, 0.25) is 10.0 Å². The van der Waals surface area contributed by atoms with Crippen molar-refractivity contribution in [2.75, 3.05) is 6.54 Å². The van der Waals surface area contributed by atoms with Gasteiger partial charge in [0.2, 0.25) is 0 Å². The number of benzene rings is 1. The van der Waals surface area contributed by atoms with Gasteiger partial charge >= 0.3 is 0 Å². The molecule has 20 heavy (non-hydrogen) atoms. The van der Waals surface area contributed by atoms with Gasteiger partial charge in [-0.1, -0.05) is 28.4 Å². The zero-order valence-electron chi connectivity index (χ0n) is 10.6. The molecular weight excluding hydrogens is 303 g/mol. The van der Waals surface area contributed by atoms with E-state index < -0.39 is 12.0 Å². The zero-order valence-corrected chi connectivity index (χ0v) is 12.1. The minimum atomic E-state index is -0.914. The Hall–Kier alpha value is -1.56. The summed E-state index contributed by atoms with van der Waals surface area (Å²) in [6, 6.07) is 6.25. The fourth-order valence-electron chi connectivity index (χ4n) is 1.64. The fraction of sp³-hybridized carbons (Fsp3) is 0.231. The van der Waals surface area contributed by atoms with Crippen molar-refractivity contribution in [3.63, 3.8) is 0 Å². The molecule has 0 aliphatic heterocycles. The number of nitrogens with zero attached hydrogens (tertiary/aromatic N) is 1. The molecule has 0 aliphatic carbocycles. The number of hydrogen-bond acceptors (Lipinski definition) is 4. The number of aryl methyl sites for hydroxylation is 1. The lowest BCUT2D eigenvalue weighted by Gasteiger charge is -2.12.